The van der Waals surface area contributed by atoms with E-state index in [9.17, 15) is 0 Å². The maximum atomic E-state index is 9.07. The van der Waals surface area contributed by atoms with Gasteiger partial charge in [0.1, 0.15) is 5.82 Å². The zero-order valence-electron chi connectivity index (χ0n) is 10.6. The van der Waals surface area contributed by atoms with Crippen molar-refractivity contribution in [3.05, 3.63) is 57.8 Å². The molecule has 3 nitrogen and oxygen atoms in total. The minimum absolute atomic E-state index is 0.222. The minimum Gasteiger partial charge on any atom is -0.294 e. The molecule has 2 aromatic carbocycles. The lowest BCUT2D eigenvalue weighted by Gasteiger charge is -2.10. The van der Waals surface area contributed by atoms with Crippen LogP contribution < -0.4 is 0 Å². The lowest BCUT2D eigenvalue weighted by atomic mass is 10.2. The maximum absolute atomic E-state index is 9.07. The second-order valence-corrected chi connectivity index (χ2v) is 5.44. The molecule has 1 aromatic heterocycles. The van der Waals surface area contributed by atoms with Gasteiger partial charge < -0.3 is 0 Å². The molecule has 0 aliphatic rings. The summed E-state index contributed by atoms with van der Waals surface area (Å²) >= 11 is 18.4. The van der Waals surface area contributed by atoms with E-state index in [4.69, 9.17) is 40.1 Å². The quantitative estimate of drug-likeness (QED) is 0.622. The average molecular weight is 337 g/mol. The van der Waals surface area contributed by atoms with Gasteiger partial charge in [0.15, 0.2) is 0 Å². The number of hydrogen-bond donors (Lipinski definition) is 0. The summed E-state index contributed by atoms with van der Waals surface area (Å²) in [6.45, 7) is 0. The van der Waals surface area contributed by atoms with Crippen LogP contribution in [0.1, 0.15) is 11.4 Å². The lowest BCUT2D eigenvalue weighted by molar-refractivity contribution is 0.982. The largest absolute Gasteiger partial charge is 0.294 e. The van der Waals surface area contributed by atoms with Crippen LogP contribution in [0.2, 0.25) is 10.0 Å². The Morgan fingerprint density at radius 3 is 2.71 bits per heavy atom. The Labute approximate surface area is 136 Å². The summed E-state index contributed by atoms with van der Waals surface area (Å²) < 4.78 is 1.83. The molecule has 3 aromatic rings. The predicted octanol–water partition coefficient (Wildman–Crippen LogP) is 4.94. The van der Waals surface area contributed by atoms with Gasteiger partial charge in [-0.05, 0) is 30.3 Å². The summed E-state index contributed by atoms with van der Waals surface area (Å²) in [4.78, 5) is 4.47. The Balaban J connectivity index is 2.39. The molecule has 3 rings (SSSR count). The van der Waals surface area contributed by atoms with Crippen molar-refractivity contribution in [1.29, 1.82) is 5.26 Å². The lowest BCUT2D eigenvalue weighted by Crippen LogP contribution is -2.00. The molecule has 1 heterocycles. The van der Waals surface area contributed by atoms with Gasteiger partial charge in [0.2, 0.25) is 0 Å². The van der Waals surface area contributed by atoms with Crippen molar-refractivity contribution in [2.75, 3.05) is 0 Å². The van der Waals surface area contributed by atoms with Gasteiger partial charge in [-0.1, -0.05) is 29.3 Å². The van der Waals surface area contributed by atoms with Crippen molar-refractivity contribution in [1.82, 2.24) is 9.55 Å². The van der Waals surface area contributed by atoms with Gasteiger partial charge in [0, 0.05) is 0 Å². The van der Waals surface area contributed by atoms with Crippen molar-refractivity contribution in [2.45, 2.75) is 5.88 Å². The van der Waals surface area contributed by atoms with Gasteiger partial charge in [-0.3, -0.25) is 4.57 Å². The Bertz CT molecular complexity index is 878. The topological polar surface area (TPSA) is 41.6 Å². The molecule has 0 fully saturated rings. The second-order valence-electron chi connectivity index (χ2n) is 4.39. The molecular formula is C15H8Cl3N3. The van der Waals surface area contributed by atoms with Crippen LogP contribution in [0.15, 0.2) is 36.4 Å². The molecule has 0 saturated heterocycles. The first-order chi connectivity index (χ1) is 10.2. The zero-order valence-corrected chi connectivity index (χ0v) is 12.9. The van der Waals surface area contributed by atoms with E-state index in [-0.39, 0.29) is 5.88 Å². The van der Waals surface area contributed by atoms with Crippen LogP contribution in [0.3, 0.4) is 0 Å². The average Bonchev–Trinajstić information content (AvgIpc) is 2.87. The first-order valence-electron chi connectivity index (χ1n) is 6.07. The van der Waals surface area contributed by atoms with Crippen LogP contribution >= 0.6 is 34.8 Å². The van der Waals surface area contributed by atoms with E-state index in [0.717, 1.165) is 11.0 Å². The first-order valence-corrected chi connectivity index (χ1v) is 7.36. The Kier molecular flexibility index (Phi) is 3.77. The number of nitriles is 1. The minimum atomic E-state index is 0.222. The van der Waals surface area contributed by atoms with Gasteiger partial charge in [0.05, 0.1) is 44.3 Å². The highest BCUT2D eigenvalue weighted by molar-refractivity contribution is 6.43. The third-order valence-electron chi connectivity index (χ3n) is 3.14. The smallest absolute Gasteiger partial charge is 0.129 e. The van der Waals surface area contributed by atoms with Crippen LogP contribution in [-0.2, 0) is 5.88 Å². The first kappa shape index (κ1) is 14.2. The second kappa shape index (κ2) is 5.57. The molecule has 0 bridgehead atoms. The van der Waals surface area contributed by atoms with Gasteiger partial charge in [-0.25, -0.2) is 4.98 Å². The summed E-state index contributed by atoms with van der Waals surface area (Å²) in [6.07, 6.45) is 0. The fourth-order valence-corrected chi connectivity index (χ4v) is 2.78. The highest BCUT2D eigenvalue weighted by Gasteiger charge is 2.15. The summed E-state index contributed by atoms with van der Waals surface area (Å²) in [5, 5.41) is 9.94. The number of aromatic nitrogens is 2. The molecule has 0 amide bonds. The molecule has 0 aliphatic carbocycles. The van der Waals surface area contributed by atoms with E-state index in [2.05, 4.69) is 11.1 Å². The number of benzene rings is 2. The molecule has 0 atom stereocenters. The highest BCUT2D eigenvalue weighted by atomic mass is 35.5. The van der Waals surface area contributed by atoms with E-state index in [1.807, 2.05) is 16.7 Å². The molecule has 21 heavy (non-hydrogen) atoms. The van der Waals surface area contributed by atoms with Crippen molar-refractivity contribution < 1.29 is 0 Å². The number of fused-ring (bicyclic) bond motifs is 1. The highest BCUT2D eigenvalue weighted by Crippen LogP contribution is 2.32. The molecule has 6 heteroatoms. The van der Waals surface area contributed by atoms with E-state index >= 15 is 0 Å². The molecule has 0 aliphatic heterocycles. The van der Waals surface area contributed by atoms with Gasteiger partial charge >= 0.3 is 0 Å². The van der Waals surface area contributed by atoms with Crippen molar-refractivity contribution in [2.24, 2.45) is 0 Å². The predicted molar refractivity (Wildman–Crippen MR) is 85.4 cm³/mol. The third-order valence-corrected chi connectivity index (χ3v) is 4.19. The van der Waals surface area contributed by atoms with Crippen molar-refractivity contribution >= 4 is 45.8 Å². The van der Waals surface area contributed by atoms with E-state index in [1.54, 1.807) is 24.3 Å². The molecule has 0 radical (unpaired) electrons. The van der Waals surface area contributed by atoms with E-state index in [0.29, 0.717) is 27.1 Å². The Morgan fingerprint density at radius 1 is 1.19 bits per heavy atom. The summed E-state index contributed by atoms with van der Waals surface area (Å²) in [5.41, 5.74) is 2.76. The number of hydrogen-bond acceptors (Lipinski definition) is 2. The van der Waals surface area contributed by atoms with Gasteiger partial charge in [0.25, 0.3) is 0 Å². The number of nitrogens with zero attached hydrogens (tertiary/aromatic N) is 3. The number of halogens is 3. The summed E-state index contributed by atoms with van der Waals surface area (Å²) in [6, 6.07) is 12.7. The molecule has 104 valence electrons. The summed E-state index contributed by atoms with van der Waals surface area (Å²) in [5.74, 6) is 0.866. The third kappa shape index (κ3) is 2.36. The normalized spacial score (nSPS) is 10.8. The number of rotatable bonds is 2. The SMILES string of the molecule is N#Cc1ccc2nc(CCl)n(-c3cccc(Cl)c3Cl)c2c1. The van der Waals surface area contributed by atoms with Crippen LogP contribution in [0.25, 0.3) is 16.7 Å². The van der Waals surface area contributed by atoms with Crippen LogP contribution in [0.4, 0.5) is 0 Å². The monoisotopic (exact) mass is 335 g/mol. The Morgan fingerprint density at radius 2 is 2.00 bits per heavy atom. The number of imidazole rings is 1. The molecule has 0 N–H and O–H groups in total. The number of alkyl halides is 1. The van der Waals surface area contributed by atoms with Crippen LogP contribution in [0.5, 0.6) is 0 Å². The summed E-state index contributed by atoms with van der Waals surface area (Å²) in [7, 11) is 0. The van der Waals surface area contributed by atoms with E-state index < -0.39 is 0 Å². The van der Waals surface area contributed by atoms with Crippen LogP contribution in [-0.4, -0.2) is 9.55 Å². The van der Waals surface area contributed by atoms with Gasteiger partial charge in [-0.2, -0.15) is 5.26 Å². The van der Waals surface area contributed by atoms with Crippen LogP contribution in [0, 0.1) is 11.3 Å². The molecule has 0 saturated carbocycles. The molecule has 0 unspecified atom stereocenters. The molecular weight excluding hydrogens is 329 g/mol. The van der Waals surface area contributed by atoms with Crippen molar-refractivity contribution in [3.63, 3.8) is 0 Å². The zero-order chi connectivity index (χ0) is 15.0. The van der Waals surface area contributed by atoms with E-state index in [1.165, 1.54) is 0 Å². The maximum Gasteiger partial charge on any atom is 0.129 e. The Hall–Kier alpha value is -1.73. The fraction of sp³-hybridized carbons (Fsp3) is 0.0667. The van der Waals surface area contributed by atoms with Gasteiger partial charge in [-0.15, -0.1) is 11.6 Å². The van der Waals surface area contributed by atoms with Crippen molar-refractivity contribution in [3.8, 4) is 11.8 Å². The molecule has 0 spiro atoms. The standard InChI is InChI=1S/C15H8Cl3N3/c16-7-14-20-11-5-4-9(8-19)6-13(11)21(14)12-3-1-2-10(17)15(12)18/h1-6H,7H2. The fourth-order valence-electron chi connectivity index (χ4n) is 2.22.